The Morgan fingerprint density at radius 3 is 3.00 bits per heavy atom. The van der Waals surface area contributed by atoms with Crippen molar-refractivity contribution in [3.05, 3.63) is 58.1 Å². The zero-order chi connectivity index (χ0) is 14.8. The Hall–Kier alpha value is -2.96. The van der Waals surface area contributed by atoms with Crippen LogP contribution >= 0.6 is 0 Å². The molecule has 7 nitrogen and oxygen atoms in total. The summed E-state index contributed by atoms with van der Waals surface area (Å²) in [5.74, 6) is -0.0388. The third-order valence-corrected chi connectivity index (χ3v) is 3.05. The van der Waals surface area contributed by atoms with Crippen LogP contribution in [0, 0.1) is 6.92 Å². The van der Waals surface area contributed by atoms with Crippen LogP contribution in [0.1, 0.15) is 21.8 Å². The van der Waals surface area contributed by atoms with E-state index in [-0.39, 0.29) is 23.2 Å². The fourth-order valence-corrected chi connectivity index (χ4v) is 2.09. The minimum atomic E-state index is -0.403. The summed E-state index contributed by atoms with van der Waals surface area (Å²) in [5.41, 5.74) is 0.678. The Morgan fingerprint density at radius 1 is 1.38 bits per heavy atom. The molecule has 3 aromatic rings. The molecule has 0 unspecified atom stereocenters. The highest BCUT2D eigenvalue weighted by molar-refractivity contribution is 6.06. The van der Waals surface area contributed by atoms with E-state index in [1.807, 2.05) is 6.07 Å². The Bertz CT molecular complexity index is 852. The van der Waals surface area contributed by atoms with Crippen molar-refractivity contribution < 1.29 is 9.21 Å². The lowest BCUT2D eigenvalue weighted by Gasteiger charge is -2.03. The van der Waals surface area contributed by atoms with Crippen molar-refractivity contribution in [3.63, 3.8) is 0 Å². The number of aromatic nitrogens is 3. The summed E-state index contributed by atoms with van der Waals surface area (Å²) < 4.78 is 5.35. The van der Waals surface area contributed by atoms with Gasteiger partial charge < -0.3 is 14.7 Å². The molecule has 0 fully saturated rings. The molecule has 3 rings (SSSR count). The molecule has 0 saturated heterocycles. The van der Waals surface area contributed by atoms with Crippen molar-refractivity contribution in [1.82, 2.24) is 20.3 Å². The number of pyridine rings is 1. The average molecular weight is 284 g/mol. The third kappa shape index (κ3) is 2.40. The molecule has 3 heterocycles. The fourth-order valence-electron chi connectivity index (χ4n) is 2.09. The topological polar surface area (TPSA) is 101 Å². The number of fused-ring (bicyclic) bond motifs is 1. The molecule has 106 valence electrons. The van der Waals surface area contributed by atoms with E-state index in [0.29, 0.717) is 5.76 Å². The van der Waals surface area contributed by atoms with Crippen LogP contribution in [0.5, 0.6) is 0 Å². The summed E-state index contributed by atoms with van der Waals surface area (Å²) in [6.07, 6.45) is 2.89. The highest BCUT2D eigenvalue weighted by atomic mass is 16.3. The van der Waals surface area contributed by atoms with Gasteiger partial charge in [0, 0.05) is 6.20 Å². The lowest BCUT2D eigenvalue weighted by molar-refractivity contribution is 0.0950. The zero-order valence-electron chi connectivity index (χ0n) is 11.2. The van der Waals surface area contributed by atoms with E-state index in [4.69, 9.17) is 4.42 Å². The van der Waals surface area contributed by atoms with Crippen molar-refractivity contribution >= 4 is 17.0 Å². The van der Waals surface area contributed by atoms with Crippen LogP contribution in [-0.2, 0) is 6.54 Å². The summed E-state index contributed by atoms with van der Waals surface area (Å²) in [6.45, 7) is 1.89. The molecule has 0 radical (unpaired) electrons. The van der Waals surface area contributed by atoms with Gasteiger partial charge in [0.05, 0.1) is 24.1 Å². The van der Waals surface area contributed by atoms with Gasteiger partial charge in [-0.05, 0) is 19.1 Å². The van der Waals surface area contributed by atoms with Crippen molar-refractivity contribution in [2.75, 3.05) is 0 Å². The molecule has 21 heavy (non-hydrogen) atoms. The molecule has 3 aromatic heterocycles. The molecule has 0 spiro atoms. The SMILES string of the molecule is Cc1oc2nc[nH]c(=O)c2c1C(=O)NCc1ccccn1. The number of H-pyrrole nitrogens is 1. The molecule has 1 amide bonds. The summed E-state index contributed by atoms with van der Waals surface area (Å²) in [4.78, 5) is 34.6. The lowest BCUT2D eigenvalue weighted by Crippen LogP contribution is -2.25. The van der Waals surface area contributed by atoms with E-state index in [1.165, 1.54) is 6.33 Å². The zero-order valence-corrected chi connectivity index (χ0v) is 11.2. The molecule has 0 aliphatic rings. The molecule has 7 heteroatoms. The summed E-state index contributed by atoms with van der Waals surface area (Å²) in [6, 6.07) is 5.43. The number of carbonyl (C=O) groups is 1. The van der Waals surface area contributed by atoms with E-state index < -0.39 is 11.5 Å². The molecule has 0 saturated carbocycles. The number of carbonyl (C=O) groups excluding carboxylic acids is 1. The Kier molecular flexibility index (Phi) is 3.23. The number of nitrogens with one attached hydrogen (secondary N) is 2. The second-order valence-corrected chi connectivity index (χ2v) is 4.45. The van der Waals surface area contributed by atoms with Crippen LogP contribution < -0.4 is 10.9 Å². The van der Waals surface area contributed by atoms with Crippen molar-refractivity contribution in [2.45, 2.75) is 13.5 Å². The van der Waals surface area contributed by atoms with Gasteiger partial charge in [-0.3, -0.25) is 14.6 Å². The Labute approximate surface area is 119 Å². The van der Waals surface area contributed by atoms with Gasteiger partial charge in [0.1, 0.15) is 11.1 Å². The quantitative estimate of drug-likeness (QED) is 0.751. The van der Waals surface area contributed by atoms with E-state index in [1.54, 1.807) is 25.3 Å². The normalized spacial score (nSPS) is 10.7. The van der Waals surface area contributed by atoms with Crippen LogP contribution in [0.3, 0.4) is 0 Å². The van der Waals surface area contributed by atoms with Gasteiger partial charge >= 0.3 is 0 Å². The number of hydrogen-bond acceptors (Lipinski definition) is 5. The monoisotopic (exact) mass is 284 g/mol. The summed E-state index contributed by atoms with van der Waals surface area (Å²) in [5, 5.41) is 2.88. The number of nitrogens with zero attached hydrogens (tertiary/aromatic N) is 2. The second-order valence-electron chi connectivity index (χ2n) is 4.45. The minimum Gasteiger partial charge on any atom is -0.442 e. The molecule has 2 N–H and O–H groups in total. The number of aromatic amines is 1. The minimum absolute atomic E-state index is 0.152. The smallest absolute Gasteiger partial charge is 0.262 e. The van der Waals surface area contributed by atoms with E-state index >= 15 is 0 Å². The summed E-state index contributed by atoms with van der Waals surface area (Å²) >= 11 is 0. The number of amides is 1. The maximum Gasteiger partial charge on any atom is 0.262 e. The Morgan fingerprint density at radius 2 is 2.24 bits per heavy atom. The van der Waals surface area contributed by atoms with E-state index in [9.17, 15) is 9.59 Å². The van der Waals surface area contributed by atoms with E-state index in [0.717, 1.165) is 5.69 Å². The van der Waals surface area contributed by atoms with Crippen LogP contribution in [0.25, 0.3) is 11.1 Å². The molecule has 0 aliphatic heterocycles. The fraction of sp³-hybridized carbons (Fsp3) is 0.143. The van der Waals surface area contributed by atoms with Crippen molar-refractivity contribution in [2.24, 2.45) is 0 Å². The van der Waals surface area contributed by atoms with Crippen LogP contribution in [0.4, 0.5) is 0 Å². The van der Waals surface area contributed by atoms with Gasteiger partial charge in [0.25, 0.3) is 11.5 Å². The number of furan rings is 1. The first-order valence-corrected chi connectivity index (χ1v) is 6.31. The van der Waals surface area contributed by atoms with Gasteiger partial charge in [-0.25, -0.2) is 4.98 Å². The predicted octanol–water partition coefficient (Wildman–Crippen LogP) is 1.15. The van der Waals surface area contributed by atoms with Crippen LogP contribution in [-0.4, -0.2) is 20.9 Å². The average Bonchev–Trinajstić information content (AvgIpc) is 2.83. The number of rotatable bonds is 3. The van der Waals surface area contributed by atoms with Crippen molar-refractivity contribution in [3.8, 4) is 0 Å². The highest BCUT2D eigenvalue weighted by Gasteiger charge is 2.21. The first-order valence-electron chi connectivity index (χ1n) is 6.31. The molecule has 0 atom stereocenters. The third-order valence-electron chi connectivity index (χ3n) is 3.05. The first-order chi connectivity index (χ1) is 10.2. The van der Waals surface area contributed by atoms with E-state index in [2.05, 4.69) is 20.3 Å². The molecule has 0 aromatic carbocycles. The second kappa shape index (κ2) is 5.20. The van der Waals surface area contributed by atoms with Gasteiger partial charge in [0.2, 0.25) is 5.71 Å². The first kappa shape index (κ1) is 13.0. The van der Waals surface area contributed by atoms with Gasteiger partial charge in [-0.1, -0.05) is 6.07 Å². The maximum absolute atomic E-state index is 12.3. The van der Waals surface area contributed by atoms with Crippen LogP contribution in [0.15, 0.2) is 39.9 Å². The molecule has 0 bridgehead atoms. The van der Waals surface area contributed by atoms with Crippen LogP contribution in [0.2, 0.25) is 0 Å². The summed E-state index contributed by atoms with van der Waals surface area (Å²) in [7, 11) is 0. The predicted molar refractivity (Wildman–Crippen MR) is 74.8 cm³/mol. The lowest BCUT2D eigenvalue weighted by atomic mass is 10.2. The van der Waals surface area contributed by atoms with Crippen molar-refractivity contribution in [1.29, 1.82) is 0 Å². The standard InChI is InChI=1S/C14H12N4O3/c1-8-10(11-13(20)17-7-18-14(11)21-8)12(19)16-6-9-4-2-3-5-15-9/h2-5,7H,6H2,1H3,(H,16,19)(H,17,18,20). The largest absolute Gasteiger partial charge is 0.442 e. The molecule has 0 aliphatic carbocycles. The molecular weight excluding hydrogens is 272 g/mol. The Balaban J connectivity index is 1.92. The van der Waals surface area contributed by atoms with Gasteiger partial charge in [-0.15, -0.1) is 0 Å². The highest BCUT2D eigenvalue weighted by Crippen LogP contribution is 2.20. The maximum atomic E-state index is 12.3. The number of aryl methyl sites for hydroxylation is 1. The van der Waals surface area contributed by atoms with Gasteiger partial charge in [0.15, 0.2) is 0 Å². The van der Waals surface area contributed by atoms with Gasteiger partial charge in [-0.2, -0.15) is 0 Å². The molecular formula is C14H12N4O3. The number of hydrogen-bond donors (Lipinski definition) is 2.